The maximum absolute atomic E-state index is 13.4. The van der Waals surface area contributed by atoms with Crippen LogP contribution in [0, 0.1) is 11.8 Å². The van der Waals surface area contributed by atoms with Crippen LogP contribution in [0.25, 0.3) is 0 Å². The molecule has 2 aromatic carbocycles. The van der Waals surface area contributed by atoms with Crippen LogP contribution in [0.4, 0.5) is 0 Å². The average molecular weight is 360 g/mol. The molecule has 3 aliphatic heterocycles. The molecule has 5 rings (SSSR count). The quantitative estimate of drug-likeness (QED) is 0.771. The van der Waals surface area contributed by atoms with Gasteiger partial charge in [-0.3, -0.25) is 4.79 Å². The summed E-state index contributed by atoms with van der Waals surface area (Å²) in [7, 11) is 0. The number of carbonyl (C=O) groups is 2. The maximum atomic E-state index is 13.4. The van der Waals surface area contributed by atoms with E-state index in [4.69, 9.17) is 4.74 Å². The summed E-state index contributed by atoms with van der Waals surface area (Å²) in [6.45, 7) is 0.335. The van der Waals surface area contributed by atoms with Gasteiger partial charge in [-0.05, 0) is 11.1 Å². The lowest BCUT2D eigenvalue weighted by atomic mass is 9.77. The van der Waals surface area contributed by atoms with Gasteiger partial charge in [0.2, 0.25) is 5.91 Å². The zero-order valence-electron chi connectivity index (χ0n) is 14.5. The third-order valence-corrected chi connectivity index (χ3v) is 5.94. The first-order valence-electron chi connectivity index (χ1n) is 9.09. The highest BCUT2D eigenvalue weighted by Crippen LogP contribution is 2.53. The summed E-state index contributed by atoms with van der Waals surface area (Å²) >= 11 is 0. The van der Waals surface area contributed by atoms with E-state index in [1.165, 1.54) is 0 Å². The van der Waals surface area contributed by atoms with Gasteiger partial charge in [0.25, 0.3) is 0 Å². The number of hydrogen-bond donors (Lipinski definition) is 0. The van der Waals surface area contributed by atoms with Crippen LogP contribution in [0.3, 0.4) is 0 Å². The molecule has 2 aromatic rings. The molecular weight excluding hydrogens is 342 g/mol. The lowest BCUT2D eigenvalue weighted by molar-refractivity contribution is -0.313. The molecular formula is C22H18NO4-. The lowest BCUT2D eigenvalue weighted by Gasteiger charge is -2.31. The van der Waals surface area contributed by atoms with Gasteiger partial charge in [0.1, 0.15) is 5.60 Å². The number of carbonyl (C=O) groups excluding carboxylic acids is 2. The smallest absolute Gasteiger partial charge is 0.230 e. The molecule has 0 saturated carbocycles. The number of likely N-dealkylation sites (tertiary alicyclic amines) is 1. The molecule has 2 fully saturated rings. The van der Waals surface area contributed by atoms with Crippen molar-refractivity contribution in [3.8, 4) is 0 Å². The van der Waals surface area contributed by atoms with Gasteiger partial charge in [-0.2, -0.15) is 0 Å². The zero-order chi connectivity index (χ0) is 18.6. The van der Waals surface area contributed by atoms with Gasteiger partial charge in [-0.1, -0.05) is 72.8 Å². The van der Waals surface area contributed by atoms with Crippen molar-refractivity contribution < 1.29 is 19.4 Å². The number of carboxylic acids is 1. The van der Waals surface area contributed by atoms with E-state index in [-0.39, 0.29) is 11.9 Å². The molecule has 0 aromatic heterocycles. The van der Waals surface area contributed by atoms with Crippen LogP contribution < -0.4 is 5.11 Å². The SMILES string of the molecule is O=C([O-])[C@H]1[C@H]2C=C[C@@]3(CN(C(c4ccccc4)c4ccccc4)C(=O)[C@@H]13)O2. The molecule has 2 bridgehead atoms. The van der Waals surface area contributed by atoms with E-state index in [0.29, 0.717) is 6.54 Å². The number of benzene rings is 2. The molecule has 27 heavy (non-hydrogen) atoms. The Morgan fingerprint density at radius 3 is 2.22 bits per heavy atom. The van der Waals surface area contributed by atoms with E-state index in [1.807, 2.05) is 66.7 Å². The van der Waals surface area contributed by atoms with Crippen molar-refractivity contribution in [2.45, 2.75) is 17.7 Å². The molecule has 5 nitrogen and oxygen atoms in total. The fraction of sp³-hybridized carbons (Fsp3) is 0.273. The third-order valence-electron chi connectivity index (χ3n) is 5.94. The summed E-state index contributed by atoms with van der Waals surface area (Å²) in [5.41, 5.74) is 1.10. The Kier molecular flexibility index (Phi) is 3.49. The van der Waals surface area contributed by atoms with E-state index >= 15 is 0 Å². The second kappa shape index (κ2) is 5.79. The van der Waals surface area contributed by atoms with Crippen LogP contribution in [0.1, 0.15) is 17.2 Å². The zero-order valence-corrected chi connectivity index (χ0v) is 14.5. The first-order chi connectivity index (χ1) is 13.1. The number of aliphatic carboxylic acids is 1. The molecule has 4 atom stereocenters. The monoisotopic (exact) mass is 360 g/mol. The Morgan fingerprint density at radius 1 is 1.07 bits per heavy atom. The van der Waals surface area contributed by atoms with Crippen molar-refractivity contribution >= 4 is 11.9 Å². The van der Waals surface area contributed by atoms with E-state index in [1.54, 1.807) is 11.0 Å². The number of rotatable bonds is 4. The van der Waals surface area contributed by atoms with Gasteiger partial charge >= 0.3 is 0 Å². The molecule has 1 spiro atoms. The largest absolute Gasteiger partial charge is 0.550 e. The van der Waals surface area contributed by atoms with E-state index < -0.39 is 29.5 Å². The summed E-state index contributed by atoms with van der Waals surface area (Å²) in [5, 5.41) is 11.7. The summed E-state index contributed by atoms with van der Waals surface area (Å²) in [6.07, 6.45) is 3.05. The molecule has 5 heteroatoms. The van der Waals surface area contributed by atoms with Gasteiger partial charge in [0, 0.05) is 11.9 Å². The van der Waals surface area contributed by atoms with Crippen LogP contribution in [0.2, 0.25) is 0 Å². The Hall–Kier alpha value is -2.92. The van der Waals surface area contributed by atoms with Crippen molar-refractivity contribution in [2.24, 2.45) is 11.8 Å². The summed E-state index contributed by atoms with van der Waals surface area (Å²) in [4.78, 5) is 26.9. The van der Waals surface area contributed by atoms with Gasteiger partial charge in [0.05, 0.1) is 24.6 Å². The maximum Gasteiger partial charge on any atom is 0.230 e. The molecule has 0 unspecified atom stereocenters. The summed E-state index contributed by atoms with van der Waals surface area (Å²) in [6, 6.07) is 19.3. The van der Waals surface area contributed by atoms with Crippen molar-refractivity contribution in [1.29, 1.82) is 0 Å². The van der Waals surface area contributed by atoms with Crippen LogP contribution in [0.5, 0.6) is 0 Å². The van der Waals surface area contributed by atoms with E-state index in [9.17, 15) is 14.7 Å². The van der Waals surface area contributed by atoms with E-state index in [0.717, 1.165) is 11.1 Å². The number of hydrogen-bond acceptors (Lipinski definition) is 4. The average Bonchev–Trinajstić information content (AvgIpc) is 3.32. The lowest BCUT2D eigenvalue weighted by Crippen LogP contribution is -2.45. The second-order valence-corrected chi connectivity index (χ2v) is 7.41. The van der Waals surface area contributed by atoms with Crippen molar-refractivity contribution in [2.75, 3.05) is 6.54 Å². The molecule has 1 amide bonds. The number of amides is 1. The predicted molar refractivity (Wildman–Crippen MR) is 95.2 cm³/mol. The van der Waals surface area contributed by atoms with Crippen molar-refractivity contribution in [3.05, 3.63) is 83.9 Å². The predicted octanol–water partition coefficient (Wildman–Crippen LogP) is 1.31. The fourth-order valence-electron chi connectivity index (χ4n) is 4.84. The Morgan fingerprint density at radius 2 is 1.67 bits per heavy atom. The molecule has 2 saturated heterocycles. The number of ether oxygens (including phenoxy) is 1. The van der Waals surface area contributed by atoms with Gasteiger partial charge < -0.3 is 19.5 Å². The summed E-state index contributed by atoms with van der Waals surface area (Å²) < 4.78 is 5.99. The van der Waals surface area contributed by atoms with Gasteiger partial charge in [-0.25, -0.2) is 0 Å². The van der Waals surface area contributed by atoms with Crippen LogP contribution in [-0.4, -0.2) is 35.0 Å². The number of nitrogens with zero attached hydrogens (tertiary/aromatic N) is 1. The second-order valence-electron chi connectivity index (χ2n) is 7.41. The van der Waals surface area contributed by atoms with Crippen LogP contribution in [0.15, 0.2) is 72.8 Å². The standard InChI is InChI=1S/C22H19NO4/c24-20-18-17(21(25)26)16-11-12-22(18,27-16)13-23(20)19(14-7-3-1-4-8-14)15-9-5-2-6-10-15/h1-12,16-19H,13H2,(H,25,26)/p-1/t16-,17+,18-,22+/m1/s1. The summed E-state index contributed by atoms with van der Waals surface area (Å²) in [5.74, 6) is -3.07. The van der Waals surface area contributed by atoms with Crippen LogP contribution in [-0.2, 0) is 14.3 Å². The normalized spacial score (nSPS) is 30.9. The molecule has 0 N–H and O–H groups in total. The Labute approximate surface area is 156 Å². The minimum atomic E-state index is -1.22. The Bertz CT molecular complexity index is 886. The van der Waals surface area contributed by atoms with Crippen LogP contribution >= 0.6 is 0 Å². The van der Waals surface area contributed by atoms with Gasteiger partial charge in [-0.15, -0.1) is 0 Å². The molecule has 0 radical (unpaired) electrons. The number of carboxylic acid groups (broad SMARTS) is 1. The minimum Gasteiger partial charge on any atom is -0.550 e. The topological polar surface area (TPSA) is 69.7 Å². The molecule has 3 heterocycles. The third kappa shape index (κ3) is 2.28. The molecule has 0 aliphatic carbocycles. The number of fused-ring (bicyclic) bond motifs is 1. The highest BCUT2D eigenvalue weighted by Gasteiger charge is 2.66. The molecule has 3 aliphatic rings. The molecule has 136 valence electrons. The van der Waals surface area contributed by atoms with Crippen molar-refractivity contribution in [1.82, 2.24) is 4.90 Å². The van der Waals surface area contributed by atoms with E-state index in [2.05, 4.69) is 0 Å². The fourth-order valence-corrected chi connectivity index (χ4v) is 4.84. The minimum absolute atomic E-state index is 0.186. The highest BCUT2D eigenvalue weighted by molar-refractivity contribution is 5.90. The van der Waals surface area contributed by atoms with Crippen molar-refractivity contribution in [3.63, 3.8) is 0 Å². The first-order valence-corrected chi connectivity index (χ1v) is 9.09. The highest BCUT2D eigenvalue weighted by atomic mass is 16.5. The Balaban J connectivity index is 1.59. The van der Waals surface area contributed by atoms with Gasteiger partial charge in [0.15, 0.2) is 0 Å². The first kappa shape index (κ1) is 16.3.